The van der Waals surface area contributed by atoms with Crippen molar-refractivity contribution >= 4 is 38.4 Å². The van der Waals surface area contributed by atoms with Crippen LogP contribution in [0.1, 0.15) is 15.9 Å². The summed E-state index contributed by atoms with van der Waals surface area (Å²) in [6.07, 6.45) is 1.47. The van der Waals surface area contributed by atoms with Gasteiger partial charge in [0, 0.05) is 28.2 Å². The predicted octanol–water partition coefficient (Wildman–Crippen LogP) is 3.87. The van der Waals surface area contributed by atoms with E-state index in [4.69, 9.17) is 0 Å². The fourth-order valence-corrected chi connectivity index (χ4v) is 2.89. The number of aromatic nitrogens is 1. The Morgan fingerprint density at radius 1 is 1.26 bits per heavy atom. The van der Waals surface area contributed by atoms with E-state index in [0.29, 0.717) is 20.9 Å². The molecule has 23 heavy (non-hydrogen) atoms. The first-order valence-electron chi connectivity index (χ1n) is 6.51. The fraction of sp³-hybridized carbons (Fsp3) is 0. The second-order valence-electron chi connectivity index (χ2n) is 4.77. The summed E-state index contributed by atoms with van der Waals surface area (Å²) < 4.78 is 1.70. The lowest BCUT2D eigenvalue weighted by Crippen LogP contribution is -2.11. The number of para-hydroxylation sites is 1. The largest absolute Gasteiger partial charge is 0.282 e. The van der Waals surface area contributed by atoms with Crippen molar-refractivity contribution in [1.82, 2.24) is 4.57 Å². The van der Waals surface area contributed by atoms with E-state index in [1.165, 1.54) is 29.0 Å². The van der Waals surface area contributed by atoms with E-state index < -0.39 is 4.92 Å². The van der Waals surface area contributed by atoms with Crippen LogP contribution in [-0.4, -0.2) is 15.4 Å². The third-order valence-electron chi connectivity index (χ3n) is 3.45. The molecule has 3 rings (SSSR count). The molecule has 0 radical (unpaired) electrons. The molecule has 1 aromatic heterocycles. The van der Waals surface area contributed by atoms with Crippen molar-refractivity contribution in [3.05, 3.63) is 74.4 Å². The molecule has 0 saturated carbocycles. The number of carbonyl (C=O) groups is 1. The molecule has 112 valence electrons. The van der Waals surface area contributed by atoms with Crippen LogP contribution < -0.4 is 0 Å². The molecule has 0 aliphatic heterocycles. The Morgan fingerprint density at radius 2 is 2.00 bits per heavy atom. The van der Waals surface area contributed by atoms with Crippen LogP contribution in [0.2, 0.25) is 0 Å². The van der Waals surface area contributed by atoms with Crippen molar-refractivity contribution in [1.29, 1.82) is 5.26 Å². The highest BCUT2D eigenvalue weighted by atomic mass is 79.9. The Morgan fingerprint density at radius 3 is 2.65 bits per heavy atom. The Balaban J connectivity index is 2.15. The molecular formula is C16H8BrN3O3. The maximum Gasteiger partial charge on any atom is 0.270 e. The van der Waals surface area contributed by atoms with E-state index in [1.807, 2.05) is 0 Å². The number of hydrogen-bond acceptors (Lipinski definition) is 4. The summed E-state index contributed by atoms with van der Waals surface area (Å²) in [4.78, 5) is 23.0. The van der Waals surface area contributed by atoms with Gasteiger partial charge in [0.15, 0.2) is 0 Å². The average Bonchev–Trinajstić information content (AvgIpc) is 2.93. The number of nitriles is 1. The summed E-state index contributed by atoms with van der Waals surface area (Å²) >= 11 is 3.20. The summed E-state index contributed by atoms with van der Waals surface area (Å²) in [5, 5.41) is 20.7. The summed E-state index contributed by atoms with van der Waals surface area (Å²) in [5.74, 6) is -0.371. The number of non-ortho nitro benzene ring substituents is 1. The van der Waals surface area contributed by atoms with Gasteiger partial charge in [0.2, 0.25) is 0 Å². The first-order valence-corrected chi connectivity index (χ1v) is 7.31. The van der Waals surface area contributed by atoms with Gasteiger partial charge in [-0.05, 0) is 28.1 Å². The molecule has 0 amide bonds. The van der Waals surface area contributed by atoms with Crippen molar-refractivity contribution in [2.24, 2.45) is 0 Å². The number of carbonyl (C=O) groups excluding carboxylic acids is 1. The number of rotatable bonds is 2. The molecule has 0 aliphatic carbocycles. The van der Waals surface area contributed by atoms with Crippen LogP contribution in [0, 0.1) is 21.4 Å². The Hall–Kier alpha value is -2.98. The molecule has 0 unspecified atom stereocenters. The van der Waals surface area contributed by atoms with Gasteiger partial charge in [-0.1, -0.05) is 18.2 Å². The monoisotopic (exact) mass is 369 g/mol. The maximum absolute atomic E-state index is 12.7. The van der Waals surface area contributed by atoms with E-state index in [1.54, 1.807) is 24.3 Å². The van der Waals surface area contributed by atoms with Crippen LogP contribution >= 0.6 is 15.9 Å². The van der Waals surface area contributed by atoms with Gasteiger partial charge in [-0.3, -0.25) is 19.5 Å². The van der Waals surface area contributed by atoms with Gasteiger partial charge in [-0.2, -0.15) is 5.26 Å². The molecule has 0 bridgehead atoms. The zero-order valence-electron chi connectivity index (χ0n) is 11.6. The number of benzene rings is 2. The highest BCUT2D eigenvalue weighted by molar-refractivity contribution is 9.10. The van der Waals surface area contributed by atoms with Gasteiger partial charge in [-0.15, -0.1) is 0 Å². The minimum atomic E-state index is -0.530. The SMILES string of the molecule is N#Cc1cn(C(=O)c2ccc([N+](=O)[O-])cc2Br)c2ccccc12. The third kappa shape index (κ3) is 2.49. The zero-order valence-corrected chi connectivity index (χ0v) is 13.1. The Bertz CT molecular complexity index is 1000. The van der Waals surface area contributed by atoms with Crippen LogP contribution in [0.4, 0.5) is 5.69 Å². The van der Waals surface area contributed by atoms with E-state index in [0.717, 1.165) is 0 Å². The average molecular weight is 370 g/mol. The summed E-state index contributed by atoms with van der Waals surface area (Å²) in [7, 11) is 0. The summed E-state index contributed by atoms with van der Waals surface area (Å²) in [6.45, 7) is 0. The third-order valence-corrected chi connectivity index (χ3v) is 4.10. The van der Waals surface area contributed by atoms with Crippen molar-refractivity contribution in [2.45, 2.75) is 0 Å². The van der Waals surface area contributed by atoms with Gasteiger partial charge < -0.3 is 0 Å². The lowest BCUT2D eigenvalue weighted by atomic mass is 10.2. The van der Waals surface area contributed by atoms with Crippen molar-refractivity contribution in [3.8, 4) is 6.07 Å². The number of nitrogens with zero attached hydrogens (tertiary/aromatic N) is 3. The smallest absolute Gasteiger partial charge is 0.270 e. The van der Waals surface area contributed by atoms with E-state index in [2.05, 4.69) is 22.0 Å². The summed E-state index contributed by atoms with van der Waals surface area (Å²) in [6, 6.07) is 13.1. The van der Waals surface area contributed by atoms with Crippen molar-refractivity contribution in [3.63, 3.8) is 0 Å². The Labute approximate surface area is 138 Å². The van der Waals surface area contributed by atoms with Crippen LogP contribution in [0.15, 0.2) is 53.1 Å². The topological polar surface area (TPSA) is 88.9 Å². The van der Waals surface area contributed by atoms with Crippen molar-refractivity contribution < 1.29 is 9.72 Å². The number of nitro benzene ring substituents is 1. The van der Waals surface area contributed by atoms with Crippen LogP contribution in [0.25, 0.3) is 10.9 Å². The molecule has 0 N–H and O–H groups in total. The van der Waals surface area contributed by atoms with Crippen LogP contribution in [0.3, 0.4) is 0 Å². The molecule has 6 nitrogen and oxygen atoms in total. The highest BCUT2D eigenvalue weighted by Gasteiger charge is 2.19. The molecular weight excluding hydrogens is 362 g/mol. The molecule has 2 aromatic carbocycles. The van der Waals surface area contributed by atoms with Gasteiger partial charge in [-0.25, -0.2) is 0 Å². The van der Waals surface area contributed by atoms with E-state index in [-0.39, 0.29) is 17.2 Å². The standard InChI is InChI=1S/C16H8BrN3O3/c17-14-7-11(20(22)23)5-6-13(14)16(21)19-9-10(8-18)12-3-1-2-4-15(12)19/h1-7,9H. The highest BCUT2D eigenvalue weighted by Crippen LogP contribution is 2.26. The number of nitro groups is 1. The molecule has 0 aliphatic rings. The fourth-order valence-electron chi connectivity index (χ4n) is 2.36. The zero-order chi connectivity index (χ0) is 16.6. The van der Waals surface area contributed by atoms with E-state index in [9.17, 15) is 20.2 Å². The second kappa shape index (κ2) is 5.66. The van der Waals surface area contributed by atoms with Gasteiger partial charge in [0.25, 0.3) is 11.6 Å². The number of fused-ring (bicyclic) bond motifs is 1. The normalized spacial score (nSPS) is 10.4. The van der Waals surface area contributed by atoms with Gasteiger partial charge in [0.05, 0.1) is 21.6 Å². The summed E-state index contributed by atoms with van der Waals surface area (Å²) in [5.41, 5.74) is 1.18. The molecule has 0 saturated heterocycles. The number of halogens is 1. The van der Waals surface area contributed by atoms with Gasteiger partial charge >= 0.3 is 0 Å². The quantitative estimate of drug-likeness (QED) is 0.506. The lowest BCUT2D eigenvalue weighted by Gasteiger charge is -2.06. The molecule has 1 heterocycles. The minimum absolute atomic E-state index is 0.108. The molecule has 0 fully saturated rings. The first kappa shape index (κ1) is 14.9. The Kier molecular flexibility index (Phi) is 3.68. The first-order chi connectivity index (χ1) is 11.0. The predicted molar refractivity (Wildman–Crippen MR) is 87.2 cm³/mol. The molecule has 0 spiro atoms. The van der Waals surface area contributed by atoms with Crippen molar-refractivity contribution in [2.75, 3.05) is 0 Å². The van der Waals surface area contributed by atoms with Crippen LogP contribution in [0.5, 0.6) is 0 Å². The van der Waals surface area contributed by atoms with E-state index >= 15 is 0 Å². The molecule has 0 atom stereocenters. The lowest BCUT2D eigenvalue weighted by molar-refractivity contribution is -0.384. The second-order valence-corrected chi connectivity index (χ2v) is 5.62. The minimum Gasteiger partial charge on any atom is -0.282 e. The maximum atomic E-state index is 12.7. The molecule has 7 heteroatoms. The molecule has 3 aromatic rings. The number of hydrogen-bond donors (Lipinski definition) is 0. The van der Waals surface area contributed by atoms with Gasteiger partial charge in [0.1, 0.15) is 6.07 Å². The van der Waals surface area contributed by atoms with Crippen LogP contribution in [-0.2, 0) is 0 Å².